The van der Waals surface area contributed by atoms with Crippen LogP contribution in [0.5, 0.6) is 11.5 Å². The monoisotopic (exact) mass is 445 g/mol. The fraction of sp³-hybridized carbons (Fsp3) is 0.273. The van der Waals surface area contributed by atoms with Crippen LogP contribution in [0, 0.1) is 11.6 Å². The van der Waals surface area contributed by atoms with Gasteiger partial charge in [0.15, 0.2) is 17.3 Å². The molecule has 0 saturated carbocycles. The number of aromatic nitrogens is 1. The van der Waals surface area contributed by atoms with Crippen LogP contribution in [-0.2, 0) is 0 Å². The summed E-state index contributed by atoms with van der Waals surface area (Å²) in [7, 11) is 0. The molecule has 5 rings (SSSR count). The Labute approximate surface area is 181 Å². The first kappa shape index (κ1) is 20.0. The molecule has 0 spiro atoms. The Hall–Kier alpha value is -2.97. The van der Waals surface area contributed by atoms with Crippen LogP contribution in [0.15, 0.2) is 35.3 Å². The lowest BCUT2D eigenvalue weighted by atomic mass is 10.1. The number of nitrogens with zero attached hydrogens (tertiary/aromatic N) is 2. The first-order valence-electron chi connectivity index (χ1n) is 10.00. The Morgan fingerprint density at radius 2 is 1.97 bits per heavy atom. The van der Waals surface area contributed by atoms with Crippen LogP contribution in [0.2, 0.25) is 5.02 Å². The number of halogens is 3. The van der Waals surface area contributed by atoms with E-state index >= 15 is 0 Å². The van der Waals surface area contributed by atoms with Crippen molar-refractivity contribution >= 4 is 28.4 Å². The number of carbonyl (C=O) groups excluding carboxylic acids is 1. The predicted molar refractivity (Wildman–Crippen MR) is 113 cm³/mol. The van der Waals surface area contributed by atoms with Gasteiger partial charge in [-0.2, -0.15) is 4.39 Å². The number of hydrogen-bond acceptors (Lipinski definition) is 4. The summed E-state index contributed by atoms with van der Waals surface area (Å²) in [6.07, 6.45) is 3.62. The molecule has 31 heavy (non-hydrogen) atoms. The van der Waals surface area contributed by atoms with Gasteiger partial charge >= 0.3 is 0 Å². The van der Waals surface area contributed by atoms with Gasteiger partial charge in [0.05, 0.1) is 11.1 Å². The number of fused-ring (bicyclic) bond motifs is 2. The summed E-state index contributed by atoms with van der Waals surface area (Å²) < 4.78 is 35.8. The van der Waals surface area contributed by atoms with E-state index in [0.29, 0.717) is 23.8 Å². The molecule has 1 aromatic heterocycles. The smallest absolute Gasteiger partial charge is 0.256 e. The van der Waals surface area contributed by atoms with E-state index in [0.717, 1.165) is 32.0 Å². The van der Waals surface area contributed by atoms with Crippen molar-refractivity contribution in [2.24, 2.45) is 0 Å². The second-order valence-electron chi connectivity index (χ2n) is 7.66. The second-order valence-corrected chi connectivity index (χ2v) is 8.09. The largest absolute Gasteiger partial charge is 0.450 e. The highest BCUT2D eigenvalue weighted by Gasteiger charge is 2.28. The molecule has 2 aromatic carbocycles. The number of hydrogen-bond donors (Lipinski definition) is 1. The van der Waals surface area contributed by atoms with E-state index in [9.17, 15) is 18.4 Å². The molecule has 0 unspecified atom stereocenters. The van der Waals surface area contributed by atoms with Gasteiger partial charge in [-0.15, -0.1) is 0 Å². The fourth-order valence-corrected chi connectivity index (χ4v) is 4.32. The summed E-state index contributed by atoms with van der Waals surface area (Å²) in [4.78, 5) is 28.1. The van der Waals surface area contributed by atoms with E-state index in [1.165, 1.54) is 16.8 Å². The number of nitrogens with one attached hydrogen (secondary N) is 1. The van der Waals surface area contributed by atoms with E-state index in [2.05, 4.69) is 10.2 Å². The molecular weight excluding hydrogens is 428 g/mol. The maximum absolute atomic E-state index is 14.5. The lowest BCUT2D eigenvalue weighted by Gasteiger charge is -2.24. The van der Waals surface area contributed by atoms with Gasteiger partial charge in [-0.3, -0.25) is 9.59 Å². The van der Waals surface area contributed by atoms with E-state index < -0.39 is 28.7 Å². The van der Waals surface area contributed by atoms with Crippen molar-refractivity contribution in [3.8, 4) is 17.2 Å². The highest BCUT2D eigenvalue weighted by Crippen LogP contribution is 2.42. The summed E-state index contributed by atoms with van der Waals surface area (Å²) in [5, 5.41) is 2.97. The van der Waals surface area contributed by atoms with Crippen molar-refractivity contribution < 1.29 is 18.3 Å². The summed E-state index contributed by atoms with van der Waals surface area (Å²) in [5.74, 6) is -3.24. The number of amides is 1. The number of likely N-dealkylation sites (tertiary alicyclic amines) is 1. The molecule has 0 bridgehead atoms. The third-order valence-corrected chi connectivity index (χ3v) is 5.92. The Kier molecular flexibility index (Phi) is 4.91. The molecular formula is C22H18ClF2N3O3. The summed E-state index contributed by atoms with van der Waals surface area (Å²) in [6.45, 7) is 3.05. The van der Waals surface area contributed by atoms with Crippen molar-refractivity contribution in [3.63, 3.8) is 0 Å². The van der Waals surface area contributed by atoms with Crippen molar-refractivity contribution in [1.82, 2.24) is 14.8 Å². The molecule has 3 aromatic rings. The van der Waals surface area contributed by atoms with Gasteiger partial charge in [-0.05, 0) is 44.1 Å². The van der Waals surface area contributed by atoms with Gasteiger partial charge in [0.2, 0.25) is 11.2 Å². The number of rotatable bonds is 4. The molecule has 2 aliphatic heterocycles. The van der Waals surface area contributed by atoms with Crippen LogP contribution in [-0.4, -0.2) is 41.6 Å². The maximum Gasteiger partial charge on any atom is 0.256 e. The van der Waals surface area contributed by atoms with Crippen molar-refractivity contribution in [2.75, 3.05) is 26.2 Å². The number of ether oxygens (including phenoxy) is 1. The van der Waals surface area contributed by atoms with Gasteiger partial charge in [0.1, 0.15) is 11.1 Å². The minimum absolute atomic E-state index is 0.0624. The molecule has 0 radical (unpaired) electrons. The summed E-state index contributed by atoms with van der Waals surface area (Å²) >= 11 is 6.02. The average Bonchev–Trinajstić information content (AvgIpc) is 3.26. The van der Waals surface area contributed by atoms with Gasteiger partial charge in [-0.25, -0.2) is 4.39 Å². The van der Waals surface area contributed by atoms with Crippen molar-refractivity contribution in [2.45, 2.75) is 12.8 Å². The SMILES string of the molecule is O=C(NCCN1CCCC1)c1cn2c3c(c(F)c(F)cc3c1=O)Oc1cc(Cl)ccc1-2. The average molecular weight is 446 g/mol. The van der Waals surface area contributed by atoms with Gasteiger partial charge in [0, 0.05) is 30.4 Å². The molecule has 1 amide bonds. The second kappa shape index (κ2) is 7.62. The van der Waals surface area contributed by atoms with Crippen LogP contribution in [0.3, 0.4) is 0 Å². The van der Waals surface area contributed by atoms with Crippen molar-refractivity contribution in [1.29, 1.82) is 0 Å². The van der Waals surface area contributed by atoms with Gasteiger partial charge < -0.3 is 19.5 Å². The zero-order chi connectivity index (χ0) is 21.7. The van der Waals surface area contributed by atoms with E-state index in [1.807, 2.05) is 0 Å². The number of pyridine rings is 1. The molecule has 0 atom stereocenters. The van der Waals surface area contributed by atoms with Crippen LogP contribution in [0.1, 0.15) is 23.2 Å². The third kappa shape index (κ3) is 3.36. The lowest BCUT2D eigenvalue weighted by Crippen LogP contribution is -2.36. The molecule has 0 aliphatic carbocycles. The van der Waals surface area contributed by atoms with Crippen molar-refractivity contribution in [3.05, 3.63) is 62.9 Å². The minimum Gasteiger partial charge on any atom is -0.450 e. The highest BCUT2D eigenvalue weighted by atomic mass is 35.5. The quantitative estimate of drug-likeness (QED) is 0.518. The minimum atomic E-state index is -1.23. The molecule has 1 saturated heterocycles. The highest BCUT2D eigenvalue weighted by molar-refractivity contribution is 6.30. The van der Waals surface area contributed by atoms with Gasteiger partial charge in [-0.1, -0.05) is 11.6 Å². The predicted octanol–water partition coefficient (Wildman–Crippen LogP) is 3.85. The summed E-state index contributed by atoms with van der Waals surface area (Å²) in [6, 6.07) is 5.50. The zero-order valence-electron chi connectivity index (χ0n) is 16.4. The molecule has 2 aliphatic rings. The number of benzene rings is 2. The Balaban J connectivity index is 1.61. The zero-order valence-corrected chi connectivity index (χ0v) is 17.1. The molecule has 1 fully saturated rings. The van der Waals surface area contributed by atoms with E-state index in [4.69, 9.17) is 16.3 Å². The van der Waals surface area contributed by atoms with E-state index in [1.54, 1.807) is 12.1 Å². The first-order chi connectivity index (χ1) is 14.9. The van der Waals surface area contributed by atoms with Crippen LogP contribution < -0.4 is 15.5 Å². The van der Waals surface area contributed by atoms with E-state index in [-0.39, 0.29) is 22.2 Å². The maximum atomic E-state index is 14.5. The van der Waals surface area contributed by atoms with Crippen LogP contribution in [0.25, 0.3) is 16.6 Å². The standard InChI is InChI=1S/C22H18ClF2N3O3/c23-12-3-4-16-17(9-12)31-21-18(25)15(24)10-13-19(21)28(16)11-14(20(13)29)22(30)26-5-8-27-6-1-2-7-27/h3-4,9-11H,1-2,5-8H2,(H,26,30). The topological polar surface area (TPSA) is 63.6 Å². The Morgan fingerprint density at radius 1 is 1.19 bits per heavy atom. The van der Waals surface area contributed by atoms with Crippen LogP contribution in [0.4, 0.5) is 8.78 Å². The van der Waals surface area contributed by atoms with Gasteiger partial charge in [0.25, 0.3) is 5.91 Å². The Bertz CT molecular complexity index is 1290. The molecule has 6 nitrogen and oxygen atoms in total. The lowest BCUT2D eigenvalue weighted by molar-refractivity contribution is 0.0948. The molecule has 9 heteroatoms. The normalized spacial score (nSPS) is 15.1. The molecule has 1 N–H and O–H groups in total. The molecule has 3 heterocycles. The third-order valence-electron chi connectivity index (χ3n) is 5.69. The molecule has 160 valence electrons. The number of carbonyl (C=O) groups is 1. The Morgan fingerprint density at radius 3 is 2.74 bits per heavy atom. The van der Waals surface area contributed by atoms with Crippen LogP contribution >= 0.6 is 11.6 Å². The summed E-state index contributed by atoms with van der Waals surface area (Å²) in [5.41, 5.74) is -0.328. The fourth-order valence-electron chi connectivity index (χ4n) is 4.16. The first-order valence-corrected chi connectivity index (χ1v) is 10.4.